The first-order valence-electron chi connectivity index (χ1n) is 6.85. The van der Waals surface area contributed by atoms with Crippen LogP contribution in [0.25, 0.3) is 0 Å². The van der Waals surface area contributed by atoms with Crippen molar-refractivity contribution in [1.29, 1.82) is 0 Å². The third-order valence-corrected chi connectivity index (χ3v) is 3.46. The van der Waals surface area contributed by atoms with Gasteiger partial charge in [0.2, 0.25) is 0 Å². The van der Waals surface area contributed by atoms with Crippen LogP contribution in [0.15, 0.2) is 24.3 Å². The lowest BCUT2D eigenvalue weighted by atomic mass is 10.2. The molecule has 2 N–H and O–H groups in total. The first kappa shape index (κ1) is 16.3. The van der Waals surface area contributed by atoms with E-state index in [2.05, 4.69) is 5.32 Å². The highest BCUT2D eigenvalue weighted by atomic mass is 35.5. The molecule has 2 rings (SSSR count). The molecule has 1 aromatic rings. The molecule has 0 heterocycles. The fourth-order valence-electron chi connectivity index (χ4n) is 2.32. The number of nitrogens with one attached hydrogen (secondary N) is 1. The molecule has 0 amide bonds. The van der Waals surface area contributed by atoms with Gasteiger partial charge in [-0.1, -0.05) is 30.5 Å². The normalized spacial score (nSPS) is 16.9. The number of aliphatic hydroxyl groups excluding tert-OH is 1. The van der Waals surface area contributed by atoms with Gasteiger partial charge in [0.25, 0.3) is 0 Å². The minimum absolute atomic E-state index is 0. The summed E-state index contributed by atoms with van der Waals surface area (Å²) < 4.78 is 5.55. The SMILES string of the molecule is Cc1ccc(OCC(O)CNC2CCCC2)cc1.Cl. The van der Waals surface area contributed by atoms with E-state index < -0.39 is 6.10 Å². The Morgan fingerprint density at radius 1 is 1.26 bits per heavy atom. The molecule has 1 fully saturated rings. The van der Waals surface area contributed by atoms with Gasteiger partial charge in [-0.25, -0.2) is 0 Å². The topological polar surface area (TPSA) is 41.5 Å². The molecule has 0 spiro atoms. The first-order chi connectivity index (χ1) is 8.74. The van der Waals surface area contributed by atoms with E-state index in [0.717, 1.165) is 5.75 Å². The maximum absolute atomic E-state index is 9.84. The summed E-state index contributed by atoms with van der Waals surface area (Å²) in [6, 6.07) is 8.50. The molecule has 3 nitrogen and oxygen atoms in total. The zero-order valence-electron chi connectivity index (χ0n) is 11.5. The summed E-state index contributed by atoms with van der Waals surface area (Å²) in [6.07, 6.45) is 4.67. The summed E-state index contributed by atoms with van der Waals surface area (Å²) >= 11 is 0. The first-order valence-corrected chi connectivity index (χ1v) is 6.85. The Labute approximate surface area is 121 Å². The molecule has 1 aromatic carbocycles. The summed E-state index contributed by atoms with van der Waals surface area (Å²) in [5, 5.41) is 13.2. The van der Waals surface area contributed by atoms with E-state index in [0.29, 0.717) is 19.2 Å². The molecule has 1 saturated carbocycles. The van der Waals surface area contributed by atoms with Crippen molar-refractivity contribution in [3.63, 3.8) is 0 Å². The van der Waals surface area contributed by atoms with Gasteiger partial charge >= 0.3 is 0 Å². The van der Waals surface area contributed by atoms with Gasteiger partial charge in [0.1, 0.15) is 18.5 Å². The second-order valence-electron chi connectivity index (χ2n) is 5.17. The fraction of sp³-hybridized carbons (Fsp3) is 0.600. The lowest BCUT2D eigenvalue weighted by Crippen LogP contribution is -2.36. The highest BCUT2D eigenvalue weighted by Gasteiger charge is 2.15. The zero-order chi connectivity index (χ0) is 12.8. The van der Waals surface area contributed by atoms with Gasteiger partial charge in [-0.05, 0) is 31.9 Å². The van der Waals surface area contributed by atoms with Crippen molar-refractivity contribution in [2.75, 3.05) is 13.2 Å². The van der Waals surface area contributed by atoms with Crippen LogP contribution in [0.1, 0.15) is 31.2 Å². The smallest absolute Gasteiger partial charge is 0.119 e. The van der Waals surface area contributed by atoms with Crippen molar-refractivity contribution >= 4 is 12.4 Å². The lowest BCUT2D eigenvalue weighted by Gasteiger charge is -2.16. The summed E-state index contributed by atoms with van der Waals surface area (Å²) in [4.78, 5) is 0. The minimum atomic E-state index is -0.438. The number of hydrogen-bond acceptors (Lipinski definition) is 3. The number of benzene rings is 1. The van der Waals surface area contributed by atoms with Crippen LogP contribution in [0.4, 0.5) is 0 Å². The maximum Gasteiger partial charge on any atom is 0.119 e. The molecule has 0 saturated heterocycles. The lowest BCUT2D eigenvalue weighted by molar-refractivity contribution is 0.104. The Bertz CT molecular complexity index is 350. The molecule has 1 unspecified atom stereocenters. The van der Waals surface area contributed by atoms with Gasteiger partial charge in [0.15, 0.2) is 0 Å². The van der Waals surface area contributed by atoms with Crippen molar-refractivity contribution in [3.05, 3.63) is 29.8 Å². The van der Waals surface area contributed by atoms with Crippen molar-refractivity contribution in [2.45, 2.75) is 44.8 Å². The molecule has 0 aliphatic heterocycles. The maximum atomic E-state index is 9.84. The van der Waals surface area contributed by atoms with Crippen LogP contribution in [0, 0.1) is 6.92 Å². The molecular formula is C15H24ClNO2. The number of ether oxygens (including phenoxy) is 1. The minimum Gasteiger partial charge on any atom is -0.491 e. The molecule has 0 aromatic heterocycles. The number of aryl methyl sites for hydroxylation is 1. The molecular weight excluding hydrogens is 262 g/mol. The molecule has 1 atom stereocenters. The van der Waals surface area contributed by atoms with Crippen LogP contribution < -0.4 is 10.1 Å². The van der Waals surface area contributed by atoms with E-state index >= 15 is 0 Å². The summed E-state index contributed by atoms with van der Waals surface area (Å²) in [5.74, 6) is 0.820. The Balaban J connectivity index is 0.00000180. The van der Waals surface area contributed by atoms with Crippen molar-refractivity contribution in [3.8, 4) is 5.75 Å². The van der Waals surface area contributed by atoms with E-state index in [1.165, 1.54) is 31.2 Å². The number of aliphatic hydroxyl groups is 1. The van der Waals surface area contributed by atoms with E-state index in [4.69, 9.17) is 4.74 Å². The monoisotopic (exact) mass is 285 g/mol. The molecule has 1 aliphatic rings. The average molecular weight is 286 g/mol. The van der Waals surface area contributed by atoms with Crippen LogP contribution in [0.3, 0.4) is 0 Å². The van der Waals surface area contributed by atoms with E-state index in [1.807, 2.05) is 31.2 Å². The second kappa shape index (κ2) is 8.41. The van der Waals surface area contributed by atoms with Crippen LogP contribution in [0.5, 0.6) is 5.75 Å². The van der Waals surface area contributed by atoms with E-state index in [1.54, 1.807) is 0 Å². The van der Waals surface area contributed by atoms with Gasteiger partial charge < -0.3 is 15.2 Å². The summed E-state index contributed by atoms with van der Waals surface area (Å²) in [5.41, 5.74) is 1.21. The van der Waals surface area contributed by atoms with Gasteiger partial charge in [0, 0.05) is 12.6 Å². The Morgan fingerprint density at radius 2 is 1.89 bits per heavy atom. The van der Waals surface area contributed by atoms with Crippen molar-refractivity contribution < 1.29 is 9.84 Å². The Morgan fingerprint density at radius 3 is 2.53 bits per heavy atom. The van der Waals surface area contributed by atoms with Crippen LogP contribution in [0.2, 0.25) is 0 Å². The van der Waals surface area contributed by atoms with Crippen molar-refractivity contribution in [2.24, 2.45) is 0 Å². The van der Waals surface area contributed by atoms with Crippen LogP contribution >= 0.6 is 12.4 Å². The number of rotatable bonds is 6. The standard InChI is InChI=1S/C15H23NO2.ClH/c1-12-6-8-15(9-7-12)18-11-14(17)10-16-13-4-2-3-5-13;/h6-9,13-14,16-17H,2-5,10-11H2,1H3;1H. The van der Waals surface area contributed by atoms with Crippen molar-refractivity contribution in [1.82, 2.24) is 5.32 Å². The molecule has 0 bridgehead atoms. The van der Waals surface area contributed by atoms with E-state index in [9.17, 15) is 5.11 Å². The van der Waals surface area contributed by atoms with E-state index in [-0.39, 0.29) is 12.4 Å². The summed E-state index contributed by atoms with van der Waals surface area (Å²) in [6.45, 7) is 3.02. The molecule has 1 aliphatic carbocycles. The molecule has 108 valence electrons. The fourth-order valence-corrected chi connectivity index (χ4v) is 2.32. The highest BCUT2D eigenvalue weighted by molar-refractivity contribution is 5.85. The Hall–Kier alpha value is -0.770. The third kappa shape index (κ3) is 5.81. The molecule has 0 radical (unpaired) electrons. The van der Waals surface area contributed by atoms with Gasteiger partial charge in [-0.2, -0.15) is 0 Å². The highest BCUT2D eigenvalue weighted by Crippen LogP contribution is 2.17. The van der Waals surface area contributed by atoms with Gasteiger partial charge in [0.05, 0.1) is 0 Å². The number of halogens is 1. The second-order valence-corrected chi connectivity index (χ2v) is 5.17. The van der Waals surface area contributed by atoms with Gasteiger partial charge in [-0.3, -0.25) is 0 Å². The molecule has 19 heavy (non-hydrogen) atoms. The number of hydrogen-bond donors (Lipinski definition) is 2. The third-order valence-electron chi connectivity index (χ3n) is 3.46. The quantitative estimate of drug-likeness (QED) is 0.844. The summed E-state index contributed by atoms with van der Waals surface area (Å²) in [7, 11) is 0. The zero-order valence-corrected chi connectivity index (χ0v) is 12.3. The van der Waals surface area contributed by atoms with Crippen LogP contribution in [-0.4, -0.2) is 30.4 Å². The molecule has 4 heteroatoms. The van der Waals surface area contributed by atoms with Crippen LogP contribution in [-0.2, 0) is 0 Å². The predicted octanol–water partition coefficient (Wildman–Crippen LogP) is 2.69. The largest absolute Gasteiger partial charge is 0.491 e. The Kier molecular flexibility index (Phi) is 7.21. The predicted molar refractivity (Wildman–Crippen MR) is 80.2 cm³/mol. The average Bonchev–Trinajstić information content (AvgIpc) is 2.89. The van der Waals surface area contributed by atoms with Gasteiger partial charge in [-0.15, -0.1) is 12.4 Å².